The Morgan fingerprint density at radius 1 is 0.783 bits per heavy atom. The molecule has 0 radical (unpaired) electrons. The summed E-state index contributed by atoms with van der Waals surface area (Å²) >= 11 is 2.93. The number of benzene rings is 2. The third-order valence-corrected chi connectivity index (χ3v) is 2.78. The molecule has 2 aromatic carbocycles. The Hall–Kier alpha value is -2.34. The number of ether oxygens (including phenoxy) is 2. The van der Waals surface area contributed by atoms with Gasteiger partial charge in [0.25, 0.3) is 0 Å². The van der Waals surface area contributed by atoms with Crippen LogP contribution in [0.3, 0.4) is 0 Å². The minimum absolute atomic E-state index is 0.760. The fraction of sp³-hybridized carbons (Fsp3) is 0.0588. The van der Waals surface area contributed by atoms with Gasteiger partial charge in [-0.1, -0.05) is 0 Å². The summed E-state index contributed by atoms with van der Waals surface area (Å²) in [4.78, 5) is 0. The first-order valence-corrected chi connectivity index (χ1v) is 6.46. The van der Waals surface area contributed by atoms with Gasteiger partial charge in [-0.2, -0.15) is 0 Å². The second-order valence-corrected chi connectivity index (χ2v) is 4.01. The molecule has 0 aliphatic carbocycles. The van der Waals surface area contributed by atoms with E-state index in [4.69, 9.17) is 23.4 Å². The van der Waals surface area contributed by atoms with Crippen molar-refractivity contribution in [2.24, 2.45) is 0 Å². The van der Waals surface area contributed by atoms with Crippen molar-refractivity contribution in [2.45, 2.75) is 0 Å². The van der Waals surface area contributed by atoms with E-state index in [1.165, 1.54) is 0 Å². The van der Waals surface area contributed by atoms with E-state index in [0.29, 0.717) is 0 Å². The van der Waals surface area contributed by atoms with Crippen LogP contribution in [-0.4, -0.2) is 11.7 Å². The van der Waals surface area contributed by atoms with Crippen LogP contribution in [0.25, 0.3) is 0 Å². The van der Waals surface area contributed by atoms with Crippen molar-refractivity contribution < 1.29 is 39.3 Å². The predicted octanol–water partition coefficient (Wildman–Crippen LogP) is 2.69. The van der Waals surface area contributed by atoms with Crippen LogP contribution in [-0.2, 0) is 29.8 Å². The van der Waals surface area contributed by atoms with E-state index in [0.717, 1.165) is 21.6 Å². The van der Waals surface area contributed by atoms with E-state index >= 15 is 0 Å². The average Bonchev–Trinajstić information content (AvgIpc) is 2.68. The fourth-order valence-corrected chi connectivity index (χ4v) is 1.75. The maximum atomic E-state index is 7.50. The summed E-state index contributed by atoms with van der Waals surface area (Å²) < 4.78 is 34.1. The van der Waals surface area contributed by atoms with E-state index in [1.807, 2.05) is 54.6 Å². The molecule has 0 saturated heterocycles. The van der Waals surface area contributed by atoms with Crippen molar-refractivity contribution in [1.29, 1.82) is 0 Å². The molecular weight excluding hydrogens is 336 g/mol. The van der Waals surface area contributed by atoms with Crippen LogP contribution in [0, 0.1) is 20.0 Å². The first kappa shape index (κ1) is 22.9. The number of hydrogen-bond donors (Lipinski definition) is 0. The van der Waals surface area contributed by atoms with Crippen molar-refractivity contribution in [2.75, 3.05) is 7.11 Å². The molecule has 116 valence electrons. The molecule has 0 aliphatic heterocycles. The Balaban J connectivity index is 0. The Bertz CT molecular complexity index is 601. The van der Waals surface area contributed by atoms with Gasteiger partial charge in [-0.3, -0.25) is 0 Å². The van der Waals surface area contributed by atoms with Gasteiger partial charge in [-0.15, -0.1) is 0 Å². The zero-order chi connectivity index (χ0) is 18.1. The second kappa shape index (κ2) is 16.0. The summed E-state index contributed by atoms with van der Waals surface area (Å²) in [5, 5.41) is 0. The Morgan fingerprint density at radius 3 is 1.65 bits per heavy atom. The van der Waals surface area contributed by atoms with Gasteiger partial charge >= 0.3 is 143 Å². The molecule has 0 N–H and O–H groups in total. The maximum absolute atomic E-state index is 7.50. The second-order valence-electron chi connectivity index (χ2n) is 3.43. The van der Waals surface area contributed by atoms with Crippen LogP contribution in [0.15, 0.2) is 54.6 Å². The van der Waals surface area contributed by atoms with Crippen molar-refractivity contribution in [3.05, 3.63) is 80.1 Å². The molecule has 2 rings (SSSR count). The molecule has 0 amide bonds. The third-order valence-electron chi connectivity index (χ3n) is 2.28. The molecule has 23 heavy (non-hydrogen) atoms. The Kier molecular flexibility index (Phi) is 16.0. The first-order valence-electron chi connectivity index (χ1n) is 5.82. The summed E-state index contributed by atoms with van der Waals surface area (Å²) in [7, 11) is 1.64. The van der Waals surface area contributed by atoms with Crippen LogP contribution in [0.5, 0.6) is 11.5 Å². The molecule has 5 nitrogen and oxygen atoms in total. The van der Waals surface area contributed by atoms with Crippen molar-refractivity contribution >= 4 is 4.57 Å². The zero-order valence-electron chi connectivity index (χ0n) is 12.1. The van der Waals surface area contributed by atoms with E-state index in [1.54, 1.807) is 7.11 Å². The van der Waals surface area contributed by atoms with Gasteiger partial charge in [0.2, 0.25) is 0 Å². The molecule has 0 fully saturated rings. The molecular formula is C17H12CrO5. The number of methoxy groups -OCH3 is 1. The fourth-order valence-electron chi connectivity index (χ4n) is 1.38. The molecule has 0 aromatic heterocycles. The molecule has 0 aliphatic rings. The first-order chi connectivity index (χ1) is 11.3. The summed E-state index contributed by atoms with van der Waals surface area (Å²) in [6.45, 7) is 13.5. The van der Waals surface area contributed by atoms with E-state index in [9.17, 15) is 0 Å². The van der Waals surface area contributed by atoms with Crippen LogP contribution >= 0.6 is 0 Å². The molecule has 0 bridgehead atoms. The zero-order valence-corrected chi connectivity index (χ0v) is 13.4. The van der Waals surface area contributed by atoms with Crippen molar-refractivity contribution in [3.8, 4) is 11.5 Å². The molecule has 0 atom stereocenters. The Morgan fingerprint density at radius 2 is 1.22 bits per heavy atom. The summed E-state index contributed by atoms with van der Waals surface area (Å²) in [5.74, 6) is 1.60. The van der Waals surface area contributed by atoms with Crippen LogP contribution in [0.1, 0.15) is 5.56 Å². The van der Waals surface area contributed by atoms with E-state index < -0.39 is 0 Å². The summed E-state index contributed by atoms with van der Waals surface area (Å²) in [6, 6.07) is 17.4. The van der Waals surface area contributed by atoms with Crippen LogP contribution in [0.4, 0.5) is 0 Å². The normalized spacial score (nSPS) is 7.43. The average molecular weight is 348 g/mol. The van der Waals surface area contributed by atoms with Crippen LogP contribution < -0.4 is 9.47 Å². The van der Waals surface area contributed by atoms with E-state index in [2.05, 4.69) is 35.8 Å². The quantitative estimate of drug-likeness (QED) is 0.629. The van der Waals surface area contributed by atoms with Gasteiger partial charge in [-0.25, -0.2) is 0 Å². The molecule has 0 spiro atoms. The standard InChI is InChI=1S/C14H12O2.3CO.Cr/c1-15-13-7-9-14(10-8-13)16-11-12-5-3-2-4-6-12;3*1-2;/h2-10H,1H3;;;;. The van der Waals surface area contributed by atoms with Crippen molar-refractivity contribution in [1.82, 2.24) is 0 Å². The van der Waals surface area contributed by atoms with Gasteiger partial charge in [0.15, 0.2) is 0 Å². The molecule has 0 unspecified atom stereocenters. The van der Waals surface area contributed by atoms with Gasteiger partial charge < -0.3 is 0 Å². The van der Waals surface area contributed by atoms with Crippen LogP contribution in [0.2, 0.25) is 0 Å². The van der Waals surface area contributed by atoms with Gasteiger partial charge in [0.05, 0.1) is 0 Å². The molecule has 2 aromatic rings. The SMILES string of the molecule is COc1ccc(O[C](=[Cr])c2ccccc2)cc1.[C-]#[O+].[C-]#[O+].[C-]#[O+]. The predicted molar refractivity (Wildman–Crippen MR) is 76.0 cm³/mol. The van der Waals surface area contributed by atoms with Gasteiger partial charge in [0, 0.05) is 0 Å². The van der Waals surface area contributed by atoms with Gasteiger partial charge in [-0.05, 0) is 0 Å². The topological polar surface area (TPSA) is 78.2 Å². The number of rotatable bonds is 4. The minimum atomic E-state index is 0.760. The van der Waals surface area contributed by atoms with Crippen molar-refractivity contribution in [3.63, 3.8) is 0 Å². The Labute approximate surface area is 143 Å². The molecule has 0 heterocycles. The molecule has 6 heteroatoms. The summed E-state index contributed by atoms with van der Waals surface area (Å²) in [5.41, 5.74) is 1.03. The third kappa shape index (κ3) is 9.31. The monoisotopic (exact) mass is 348 g/mol. The number of hydrogen-bond acceptors (Lipinski definition) is 2. The van der Waals surface area contributed by atoms with E-state index in [-0.39, 0.29) is 0 Å². The van der Waals surface area contributed by atoms with Gasteiger partial charge in [0.1, 0.15) is 0 Å². The molecule has 0 saturated carbocycles. The summed E-state index contributed by atoms with van der Waals surface area (Å²) in [6.07, 6.45) is 0.